The Labute approximate surface area is 138 Å². The van der Waals surface area contributed by atoms with Gasteiger partial charge >= 0.3 is 0 Å². The lowest BCUT2D eigenvalue weighted by atomic mass is 9.82. The van der Waals surface area contributed by atoms with Crippen LogP contribution in [0.1, 0.15) is 31.2 Å². The number of rotatable bonds is 3. The van der Waals surface area contributed by atoms with Crippen LogP contribution < -0.4 is 0 Å². The van der Waals surface area contributed by atoms with E-state index in [1.165, 1.54) is 0 Å². The fourth-order valence-electron chi connectivity index (χ4n) is 3.79. The van der Waals surface area contributed by atoms with Gasteiger partial charge in [-0.15, -0.1) is 0 Å². The van der Waals surface area contributed by atoms with E-state index in [4.69, 9.17) is 9.47 Å². The molecule has 2 heterocycles. The van der Waals surface area contributed by atoms with Crippen molar-refractivity contribution >= 4 is 10.0 Å². The lowest BCUT2D eigenvalue weighted by molar-refractivity contribution is -0.182. The summed E-state index contributed by atoms with van der Waals surface area (Å²) in [7, 11) is -1.72. The Morgan fingerprint density at radius 3 is 2.61 bits per heavy atom. The molecule has 2 saturated heterocycles. The average Bonchev–Trinajstić information content (AvgIpc) is 2.56. The van der Waals surface area contributed by atoms with Crippen LogP contribution in [0.25, 0.3) is 0 Å². The van der Waals surface area contributed by atoms with E-state index in [-0.39, 0.29) is 11.7 Å². The zero-order valence-electron chi connectivity index (χ0n) is 13.8. The van der Waals surface area contributed by atoms with Crippen molar-refractivity contribution in [3.63, 3.8) is 0 Å². The van der Waals surface area contributed by atoms with Crippen molar-refractivity contribution < 1.29 is 17.9 Å². The van der Waals surface area contributed by atoms with Crippen LogP contribution in [-0.2, 0) is 19.5 Å². The fourth-order valence-corrected chi connectivity index (χ4v) is 5.46. The molecule has 0 bridgehead atoms. The highest BCUT2D eigenvalue weighted by atomic mass is 32.2. The highest BCUT2D eigenvalue weighted by Gasteiger charge is 2.46. The van der Waals surface area contributed by atoms with Crippen molar-refractivity contribution in [2.24, 2.45) is 0 Å². The third-order valence-corrected chi connectivity index (χ3v) is 7.21. The van der Waals surface area contributed by atoms with Crippen molar-refractivity contribution in [3.8, 4) is 0 Å². The van der Waals surface area contributed by atoms with Gasteiger partial charge in [0.05, 0.1) is 16.6 Å². The zero-order chi connectivity index (χ0) is 16.5. The molecule has 128 valence electrons. The van der Waals surface area contributed by atoms with Gasteiger partial charge in [-0.3, -0.25) is 0 Å². The predicted molar refractivity (Wildman–Crippen MR) is 87.9 cm³/mol. The van der Waals surface area contributed by atoms with Crippen LogP contribution in [0.4, 0.5) is 0 Å². The van der Waals surface area contributed by atoms with E-state index in [9.17, 15) is 8.42 Å². The standard InChI is InChI=1S/C17H25NO4S/c1-14-6-3-4-7-15(14)23(19,20)18-11-9-17(10-12-18)16(21-2)8-5-13-22-17/h3-4,6-7,16H,5,8-13H2,1-2H3/t16-/m1/s1. The summed E-state index contributed by atoms with van der Waals surface area (Å²) >= 11 is 0. The molecule has 0 aliphatic carbocycles. The van der Waals surface area contributed by atoms with Crippen molar-refractivity contribution in [1.82, 2.24) is 4.31 Å². The lowest BCUT2D eigenvalue weighted by Gasteiger charge is -2.47. The Bertz CT molecular complexity index is 650. The number of aryl methyl sites for hydroxylation is 1. The molecule has 2 aliphatic rings. The van der Waals surface area contributed by atoms with Gasteiger partial charge in [0.25, 0.3) is 0 Å². The number of hydrogen-bond acceptors (Lipinski definition) is 4. The summed E-state index contributed by atoms with van der Waals surface area (Å²) in [5.74, 6) is 0. The number of ether oxygens (including phenoxy) is 2. The molecule has 6 heteroatoms. The number of nitrogens with zero attached hydrogens (tertiary/aromatic N) is 1. The molecule has 1 aromatic carbocycles. The van der Waals surface area contributed by atoms with Gasteiger partial charge in [0.2, 0.25) is 10.0 Å². The molecule has 0 saturated carbocycles. The molecule has 1 atom stereocenters. The van der Waals surface area contributed by atoms with Gasteiger partial charge in [-0.2, -0.15) is 4.31 Å². The topological polar surface area (TPSA) is 55.8 Å². The SMILES string of the molecule is CO[C@@H]1CCCOC12CCN(S(=O)(=O)c1ccccc1C)CC2. The van der Waals surface area contributed by atoms with Gasteiger partial charge in [0, 0.05) is 26.8 Å². The van der Waals surface area contributed by atoms with Crippen LogP contribution in [0.2, 0.25) is 0 Å². The van der Waals surface area contributed by atoms with Gasteiger partial charge in [-0.25, -0.2) is 8.42 Å². The molecule has 2 aliphatic heterocycles. The molecule has 0 amide bonds. The van der Waals surface area contributed by atoms with E-state index in [0.717, 1.165) is 25.0 Å². The molecule has 0 N–H and O–H groups in total. The maximum Gasteiger partial charge on any atom is 0.243 e. The zero-order valence-corrected chi connectivity index (χ0v) is 14.6. The highest BCUT2D eigenvalue weighted by molar-refractivity contribution is 7.89. The Morgan fingerprint density at radius 2 is 1.96 bits per heavy atom. The summed E-state index contributed by atoms with van der Waals surface area (Å²) < 4.78 is 39.0. The minimum absolute atomic E-state index is 0.0690. The minimum atomic E-state index is -3.44. The van der Waals surface area contributed by atoms with Crippen molar-refractivity contribution in [2.45, 2.75) is 49.2 Å². The first-order valence-electron chi connectivity index (χ1n) is 8.22. The molecule has 5 nitrogen and oxygen atoms in total. The summed E-state index contributed by atoms with van der Waals surface area (Å²) in [6, 6.07) is 7.16. The maximum atomic E-state index is 12.9. The first-order chi connectivity index (χ1) is 11.0. The molecule has 0 unspecified atom stereocenters. The number of benzene rings is 1. The summed E-state index contributed by atoms with van der Waals surface area (Å²) in [6.45, 7) is 3.54. The quantitative estimate of drug-likeness (QED) is 0.848. The van der Waals surface area contributed by atoms with Crippen molar-refractivity contribution in [2.75, 3.05) is 26.8 Å². The fraction of sp³-hybridized carbons (Fsp3) is 0.647. The third kappa shape index (κ3) is 3.05. The largest absolute Gasteiger partial charge is 0.378 e. The second-order valence-corrected chi connectivity index (χ2v) is 8.36. The van der Waals surface area contributed by atoms with Crippen LogP contribution in [0, 0.1) is 6.92 Å². The van der Waals surface area contributed by atoms with Crippen LogP contribution in [-0.4, -0.2) is 51.2 Å². The van der Waals surface area contributed by atoms with Gasteiger partial charge in [-0.1, -0.05) is 18.2 Å². The monoisotopic (exact) mass is 339 g/mol. The average molecular weight is 339 g/mol. The highest BCUT2D eigenvalue weighted by Crippen LogP contribution is 2.38. The predicted octanol–water partition coefficient (Wildman–Crippen LogP) is 2.34. The van der Waals surface area contributed by atoms with Crippen molar-refractivity contribution in [3.05, 3.63) is 29.8 Å². The Morgan fingerprint density at radius 1 is 1.26 bits per heavy atom. The van der Waals surface area contributed by atoms with Crippen molar-refractivity contribution in [1.29, 1.82) is 0 Å². The Balaban J connectivity index is 1.77. The number of methoxy groups -OCH3 is 1. The molecule has 1 spiro atoms. The Hall–Kier alpha value is -0.950. The second kappa shape index (κ2) is 6.51. The molecule has 0 aromatic heterocycles. The third-order valence-electron chi connectivity index (χ3n) is 5.15. The van der Waals surface area contributed by atoms with E-state index < -0.39 is 10.0 Å². The van der Waals surface area contributed by atoms with Gasteiger partial charge in [0.15, 0.2) is 0 Å². The second-order valence-electron chi connectivity index (χ2n) is 6.45. The normalized spacial score (nSPS) is 25.6. The molecule has 23 heavy (non-hydrogen) atoms. The first-order valence-corrected chi connectivity index (χ1v) is 9.66. The maximum absolute atomic E-state index is 12.9. The summed E-state index contributed by atoms with van der Waals surface area (Å²) in [4.78, 5) is 0.406. The molecular weight excluding hydrogens is 314 g/mol. The van der Waals surface area contributed by atoms with Crippen LogP contribution >= 0.6 is 0 Å². The molecule has 0 radical (unpaired) electrons. The van der Waals surface area contributed by atoms with E-state index in [1.807, 2.05) is 19.1 Å². The number of piperidine rings is 1. The van der Waals surface area contributed by atoms with E-state index in [1.54, 1.807) is 23.5 Å². The van der Waals surface area contributed by atoms with Crippen LogP contribution in [0.15, 0.2) is 29.2 Å². The van der Waals surface area contributed by atoms with Gasteiger partial charge in [0.1, 0.15) is 0 Å². The molecule has 2 fully saturated rings. The summed E-state index contributed by atoms with van der Waals surface area (Å²) in [5.41, 5.74) is 0.474. The lowest BCUT2D eigenvalue weighted by Crippen LogP contribution is -2.56. The summed E-state index contributed by atoms with van der Waals surface area (Å²) in [6.07, 6.45) is 3.44. The number of sulfonamides is 1. The molecular formula is C17H25NO4S. The van der Waals surface area contributed by atoms with E-state index >= 15 is 0 Å². The molecule has 1 aromatic rings. The smallest absolute Gasteiger partial charge is 0.243 e. The summed E-state index contributed by atoms with van der Waals surface area (Å²) in [5, 5.41) is 0. The van der Waals surface area contributed by atoms with E-state index in [2.05, 4.69) is 0 Å². The molecule has 3 rings (SSSR count). The van der Waals surface area contributed by atoms with Gasteiger partial charge < -0.3 is 9.47 Å². The van der Waals surface area contributed by atoms with Crippen LogP contribution in [0.3, 0.4) is 0 Å². The minimum Gasteiger partial charge on any atom is -0.378 e. The van der Waals surface area contributed by atoms with Gasteiger partial charge in [-0.05, 0) is 44.2 Å². The number of hydrogen-bond donors (Lipinski definition) is 0. The van der Waals surface area contributed by atoms with Crippen LogP contribution in [0.5, 0.6) is 0 Å². The Kier molecular flexibility index (Phi) is 4.78. The first kappa shape index (κ1) is 16.9. The van der Waals surface area contributed by atoms with E-state index in [0.29, 0.717) is 30.8 Å².